The van der Waals surface area contributed by atoms with Gasteiger partial charge < -0.3 is 4.74 Å². The lowest BCUT2D eigenvalue weighted by Crippen LogP contribution is -2.20. The third-order valence-electron chi connectivity index (χ3n) is 3.11. The van der Waals surface area contributed by atoms with E-state index in [1.54, 1.807) is 0 Å². The maximum absolute atomic E-state index is 11.8. The lowest BCUT2D eigenvalue weighted by molar-refractivity contribution is -0.118. The second-order valence-electron chi connectivity index (χ2n) is 4.89. The molecular formula is C16H20N2O2S. The Balaban J connectivity index is 1.83. The SMILES string of the molecule is CCCc1ccc(OCC(=O)Nc2nc(C)c(C)s2)cc1. The molecule has 1 aromatic carbocycles. The van der Waals surface area contributed by atoms with Crippen molar-refractivity contribution in [2.75, 3.05) is 11.9 Å². The van der Waals surface area contributed by atoms with Crippen molar-refractivity contribution in [2.45, 2.75) is 33.6 Å². The number of amides is 1. The van der Waals surface area contributed by atoms with E-state index in [9.17, 15) is 4.79 Å². The van der Waals surface area contributed by atoms with Gasteiger partial charge in [-0.05, 0) is 38.0 Å². The molecule has 4 nitrogen and oxygen atoms in total. The largest absolute Gasteiger partial charge is 0.484 e. The van der Waals surface area contributed by atoms with E-state index in [4.69, 9.17) is 4.74 Å². The molecule has 2 aromatic rings. The average Bonchev–Trinajstić information content (AvgIpc) is 2.77. The van der Waals surface area contributed by atoms with E-state index in [0.29, 0.717) is 10.9 Å². The summed E-state index contributed by atoms with van der Waals surface area (Å²) in [5.41, 5.74) is 2.23. The molecule has 0 saturated carbocycles. The second kappa shape index (κ2) is 7.22. The minimum absolute atomic E-state index is 0.00913. The van der Waals surface area contributed by atoms with Gasteiger partial charge >= 0.3 is 0 Å². The molecule has 0 unspecified atom stereocenters. The smallest absolute Gasteiger partial charge is 0.264 e. The molecule has 0 bridgehead atoms. The number of ether oxygens (including phenoxy) is 1. The van der Waals surface area contributed by atoms with Gasteiger partial charge in [-0.15, -0.1) is 11.3 Å². The van der Waals surface area contributed by atoms with Crippen molar-refractivity contribution < 1.29 is 9.53 Å². The molecule has 1 amide bonds. The monoisotopic (exact) mass is 304 g/mol. The first kappa shape index (κ1) is 15.5. The van der Waals surface area contributed by atoms with Crippen LogP contribution in [-0.2, 0) is 11.2 Å². The van der Waals surface area contributed by atoms with Crippen molar-refractivity contribution in [2.24, 2.45) is 0 Å². The number of aryl methyl sites for hydroxylation is 3. The molecule has 0 radical (unpaired) electrons. The van der Waals surface area contributed by atoms with Crippen molar-refractivity contribution in [1.82, 2.24) is 4.98 Å². The number of anilines is 1. The van der Waals surface area contributed by atoms with Gasteiger partial charge in [0.05, 0.1) is 5.69 Å². The highest BCUT2D eigenvalue weighted by atomic mass is 32.1. The van der Waals surface area contributed by atoms with Gasteiger partial charge in [-0.2, -0.15) is 0 Å². The predicted octanol–water partition coefficient (Wildman–Crippen LogP) is 3.73. The summed E-state index contributed by atoms with van der Waals surface area (Å²) in [6.07, 6.45) is 2.18. The first-order chi connectivity index (χ1) is 10.1. The molecule has 0 spiro atoms. The topological polar surface area (TPSA) is 51.2 Å². The molecule has 0 atom stereocenters. The molecule has 0 aliphatic carbocycles. The third-order valence-corrected chi connectivity index (χ3v) is 4.10. The molecule has 2 rings (SSSR count). The molecule has 0 aliphatic rings. The Bertz CT molecular complexity index is 586. The number of benzene rings is 1. The summed E-state index contributed by atoms with van der Waals surface area (Å²) < 4.78 is 5.47. The van der Waals surface area contributed by atoms with E-state index < -0.39 is 0 Å². The Morgan fingerprint density at radius 3 is 2.57 bits per heavy atom. The number of hydrogen-bond donors (Lipinski definition) is 1. The van der Waals surface area contributed by atoms with Crippen molar-refractivity contribution in [1.29, 1.82) is 0 Å². The molecule has 1 aromatic heterocycles. The summed E-state index contributed by atoms with van der Waals surface area (Å²) >= 11 is 1.47. The Morgan fingerprint density at radius 1 is 1.29 bits per heavy atom. The zero-order valence-electron chi connectivity index (χ0n) is 12.6. The van der Waals surface area contributed by atoms with Crippen LogP contribution in [0.4, 0.5) is 5.13 Å². The number of hydrogen-bond acceptors (Lipinski definition) is 4. The number of thiazole rings is 1. The molecule has 0 saturated heterocycles. The van der Waals surface area contributed by atoms with Crippen LogP contribution in [0.5, 0.6) is 5.75 Å². The van der Waals surface area contributed by atoms with Crippen LogP contribution in [0.15, 0.2) is 24.3 Å². The minimum atomic E-state index is -0.193. The van der Waals surface area contributed by atoms with Crippen LogP contribution in [0.25, 0.3) is 0 Å². The zero-order chi connectivity index (χ0) is 15.2. The normalized spacial score (nSPS) is 10.4. The van der Waals surface area contributed by atoms with Gasteiger partial charge in [0, 0.05) is 4.88 Å². The van der Waals surface area contributed by atoms with Crippen LogP contribution in [-0.4, -0.2) is 17.5 Å². The fraction of sp³-hybridized carbons (Fsp3) is 0.375. The van der Waals surface area contributed by atoms with Crippen molar-refractivity contribution in [3.8, 4) is 5.75 Å². The van der Waals surface area contributed by atoms with Crippen LogP contribution in [0, 0.1) is 13.8 Å². The van der Waals surface area contributed by atoms with E-state index >= 15 is 0 Å². The molecular weight excluding hydrogens is 284 g/mol. The Kier molecular flexibility index (Phi) is 5.33. The zero-order valence-corrected chi connectivity index (χ0v) is 13.4. The molecule has 5 heteroatoms. The number of carbonyl (C=O) groups excluding carboxylic acids is 1. The molecule has 1 heterocycles. The molecule has 112 valence electrons. The number of nitrogens with zero attached hydrogens (tertiary/aromatic N) is 1. The fourth-order valence-corrected chi connectivity index (χ4v) is 2.70. The van der Waals surface area contributed by atoms with E-state index in [2.05, 4.69) is 17.2 Å². The Morgan fingerprint density at radius 2 is 2.00 bits per heavy atom. The van der Waals surface area contributed by atoms with Crippen LogP contribution in [0.2, 0.25) is 0 Å². The first-order valence-corrected chi connectivity index (χ1v) is 7.85. The van der Waals surface area contributed by atoms with Gasteiger partial charge in [0.25, 0.3) is 5.91 Å². The quantitative estimate of drug-likeness (QED) is 0.884. The standard InChI is InChI=1S/C16H20N2O2S/c1-4-5-13-6-8-14(9-7-13)20-10-15(19)18-16-17-11(2)12(3)21-16/h6-9H,4-5,10H2,1-3H3,(H,17,18,19). The highest BCUT2D eigenvalue weighted by molar-refractivity contribution is 7.15. The lowest BCUT2D eigenvalue weighted by Gasteiger charge is -2.06. The third kappa shape index (κ3) is 4.56. The van der Waals surface area contributed by atoms with Crippen LogP contribution >= 0.6 is 11.3 Å². The highest BCUT2D eigenvalue weighted by Gasteiger charge is 2.08. The summed E-state index contributed by atoms with van der Waals surface area (Å²) in [4.78, 5) is 17.2. The van der Waals surface area contributed by atoms with Crippen LogP contribution < -0.4 is 10.1 Å². The number of nitrogens with one attached hydrogen (secondary N) is 1. The van der Waals surface area contributed by atoms with Gasteiger partial charge in [-0.1, -0.05) is 25.5 Å². The first-order valence-electron chi connectivity index (χ1n) is 7.04. The highest BCUT2D eigenvalue weighted by Crippen LogP contribution is 2.21. The number of rotatable bonds is 6. The summed E-state index contributed by atoms with van der Waals surface area (Å²) in [6.45, 7) is 6.05. The maximum Gasteiger partial charge on any atom is 0.264 e. The van der Waals surface area contributed by atoms with Crippen LogP contribution in [0.1, 0.15) is 29.5 Å². The minimum Gasteiger partial charge on any atom is -0.484 e. The molecule has 0 aliphatic heterocycles. The predicted molar refractivity (Wildman–Crippen MR) is 86.1 cm³/mol. The summed E-state index contributed by atoms with van der Waals surface area (Å²) in [7, 11) is 0. The molecule has 0 fully saturated rings. The molecule has 21 heavy (non-hydrogen) atoms. The summed E-state index contributed by atoms with van der Waals surface area (Å²) in [5.74, 6) is 0.512. The Hall–Kier alpha value is -1.88. The van der Waals surface area contributed by atoms with Gasteiger partial charge in [0.15, 0.2) is 11.7 Å². The fourth-order valence-electron chi connectivity index (χ4n) is 1.87. The maximum atomic E-state index is 11.8. The number of aromatic nitrogens is 1. The van der Waals surface area contributed by atoms with E-state index in [0.717, 1.165) is 23.4 Å². The average molecular weight is 304 g/mol. The van der Waals surface area contributed by atoms with E-state index in [1.807, 2.05) is 38.1 Å². The number of carbonyl (C=O) groups is 1. The molecule has 1 N–H and O–H groups in total. The van der Waals surface area contributed by atoms with E-state index in [1.165, 1.54) is 16.9 Å². The van der Waals surface area contributed by atoms with Crippen molar-refractivity contribution >= 4 is 22.4 Å². The van der Waals surface area contributed by atoms with Crippen molar-refractivity contribution in [3.05, 3.63) is 40.4 Å². The van der Waals surface area contributed by atoms with Crippen LogP contribution in [0.3, 0.4) is 0 Å². The van der Waals surface area contributed by atoms with E-state index in [-0.39, 0.29) is 12.5 Å². The van der Waals surface area contributed by atoms with Gasteiger partial charge in [-0.25, -0.2) is 4.98 Å². The van der Waals surface area contributed by atoms with Gasteiger partial charge in [-0.3, -0.25) is 10.1 Å². The van der Waals surface area contributed by atoms with Gasteiger partial charge in [0.2, 0.25) is 0 Å². The summed E-state index contributed by atoms with van der Waals surface area (Å²) in [6, 6.07) is 7.86. The van der Waals surface area contributed by atoms with Crippen molar-refractivity contribution in [3.63, 3.8) is 0 Å². The lowest BCUT2D eigenvalue weighted by atomic mass is 10.1. The van der Waals surface area contributed by atoms with Gasteiger partial charge in [0.1, 0.15) is 5.75 Å². The second-order valence-corrected chi connectivity index (χ2v) is 6.09. The Labute approximate surface area is 129 Å². The summed E-state index contributed by atoms with van der Waals surface area (Å²) in [5, 5.41) is 3.37.